The fraction of sp³-hybridized carbons (Fsp3) is 0.250. The third-order valence-corrected chi connectivity index (χ3v) is 2.75. The zero-order valence-electron chi connectivity index (χ0n) is 10.3. The van der Waals surface area contributed by atoms with E-state index in [9.17, 15) is 19.2 Å². The number of pyridine rings is 1. The molecule has 2 heterocycles. The summed E-state index contributed by atoms with van der Waals surface area (Å²) in [5.74, 6) is -2.88. The second kappa shape index (κ2) is 5.47. The van der Waals surface area contributed by atoms with Crippen LogP contribution in [0.3, 0.4) is 0 Å². The number of aromatic carboxylic acids is 1. The molecule has 1 aromatic rings. The van der Waals surface area contributed by atoms with E-state index in [-0.39, 0.29) is 30.1 Å². The largest absolute Gasteiger partial charge is 0.477 e. The Morgan fingerprint density at radius 3 is 2.65 bits per heavy atom. The van der Waals surface area contributed by atoms with Crippen molar-refractivity contribution in [2.45, 2.75) is 18.9 Å². The zero-order chi connectivity index (χ0) is 14.7. The highest BCUT2D eigenvalue weighted by Gasteiger charge is 2.28. The monoisotopic (exact) mass is 277 g/mol. The van der Waals surface area contributed by atoms with Gasteiger partial charge in [0.1, 0.15) is 17.4 Å². The first-order chi connectivity index (χ1) is 9.47. The minimum atomic E-state index is -1.25. The molecule has 3 amide bonds. The van der Waals surface area contributed by atoms with Crippen molar-refractivity contribution in [3.8, 4) is 0 Å². The van der Waals surface area contributed by atoms with Gasteiger partial charge in [0.25, 0.3) is 5.91 Å². The van der Waals surface area contributed by atoms with Crippen molar-refractivity contribution in [3.05, 3.63) is 29.6 Å². The van der Waals surface area contributed by atoms with E-state index >= 15 is 0 Å². The number of imide groups is 1. The number of nitrogens with one attached hydrogen (secondary N) is 2. The fourth-order valence-corrected chi connectivity index (χ4v) is 1.74. The van der Waals surface area contributed by atoms with Gasteiger partial charge in [-0.2, -0.15) is 0 Å². The number of carboxylic acid groups (broad SMARTS) is 1. The van der Waals surface area contributed by atoms with Crippen LogP contribution in [0.4, 0.5) is 0 Å². The summed E-state index contributed by atoms with van der Waals surface area (Å²) < 4.78 is 0. The highest BCUT2D eigenvalue weighted by atomic mass is 16.4. The fourth-order valence-electron chi connectivity index (χ4n) is 1.74. The first kappa shape index (κ1) is 13.7. The van der Waals surface area contributed by atoms with Crippen molar-refractivity contribution in [2.75, 3.05) is 0 Å². The SMILES string of the molecule is O=C1CCC(NC(=O)c2cccc(C(=O)O)n2)C(=O)N1. The first-order valence-corrected chi connectivity index (χ1v) is 5.82. The van der Waals surface area contributed by atoms with Crippen LogP contribution in [-0.4, -0.2) is 39.8 Å². The average molecular weight is 277 g/mol. The number of carbonyl (C=O) groups is 4. The summed E-state index contributed by atoms with van der Waals surface area (Å²) in [6.45, 7) is 0. The molecule has 104 valence electrons. The van der Waals surface area contributed by atoms with Crippen LogP contribution in [0, 0.1) is 0 Å². The first-order valence-electron chi connectivity index (χ1n) is 5.82. The van der Waals surface area contributed by atoms with Gasteiger partial charge in [-0.25, -0.2) is 9.78 Å². The number of carbonyl (C=O) groups excluding carboxylic acids is 3. The van der Waals surface area contributed by atoms with Crippen molar-refractivity contribution < 1.29 is 24.3 Å². The summed E-state index contributed by atoms with van der Waals surface area (Å²) in [6, 6.07) is 3.16. The molecule has 1 fully saturated rings. The Bertz CT molecular complexity index is 599. The minimum absolute atomic E-state index is 0.102. The van der Waals surface area contributed by atoms with Crippen LogP contribution < -0.4 is 10.6 Å². The zero-order valence-corrected chi connectivity index (χ0v) is 10.3. The molecular weight excluding hydrogens is 266 g/mol. The Hall–Kier alpha value is -2.77. The van der Waals surface area contributed by atoms with Crippen molar-refractivity contribution in [1.29, 1.82) is 0 Å². The normalized spacial score (nSPS) is 18.3. The van der Waals surface area contributed by atoms with Crippen LogP contribution in [0.2, 0.25) is 0 Å². The predicted molar refractivity (Wildman–Crippen MR) is 64.8 cm³/mol. The summed E-state index contributed by atoms with van der Waals surface area (Å²) in [5, 5.41) is 13.3. The molecule has 0 radical (unpaired) electrons. The molecule has 1 aromatic heterocycles. The van der Waals surface area contributed by atoms with Gasteiger partial charge in [-0.15, -0.1) is 0 Å². The molecule has 1 aliphatic rings. The van der Waals surface area contributed by atoms with Gasteiger partial charge in [-0.1, -0.05) is 6.07 Å². The van der Waals surface area contributed by atoms with Crippen LogP contribution in [0.25, 0.3) is 0 Å². The lowest BCUT2D eigenvalue weighted by Gasteiger charge is -2.21. The molecule has 1 atom stereocenters. The Kier molecular flexibility index (Phi) is 3.74. The number of amides is 3. The topological polar surface area (TPSA) is 125 Å². The summed E-state index contributed by atoms with van der Waals surface area (Å²) >= 11 is 0. The summed E-state index contributed by atoms with van der Waals surface area (Å²) in [6.07, 6.45) is 0.342. The predicted octanol–water partition coefficient (Wildman–Crippen LogP) is -0.685. The Morgan fingerprint density at radius 2 is 2.00 bits per heavy atom. The van der Waals surface area contributed by atoms with Crippen molar-refractivity contribution in [3.63, 3.8) is 0 Å². The van der Waals surface area contributed by atoms with Crippen molar-refractivity contribution in [2.24, 2.45) is 0 Å². The van der Waals surface area contributed by atoms with Crippen LogP contribution in [0.5, 0.6) is 0 Å². The number of carboxylic acids is 1. The van der Waals surface area contributed by atoms with Crippen LogP contribution in [0.15, 0.2) is 18.2 Å². The van der Waals surface area contributed by atoms with Gasteiger partial charge in [0.2, 0.25) is 11.8 Å². The smallest absolute Gasteiger partial charge is 0.354 e. The molecule has 1 aliphatic heterocycles. The van der Waals surface area contributed by atoms with Crippen molar-refractivity contribution >= 4 is 23.7 Å². The van der Waals surface area contributed by atoms with E-state index in [1.807, 2.05) is 0 Å². The van der Waals surface area contributed by atoms with E-state index in [0.717, 1.165) is 0 Å². The van der Waals surface area contributed by atoms with E-state index in [0.29, 0.717) is 0 Å². The van der Waals surface area contributed by atoms with Gasteiger partial charge >= 0.3 is 5.97 Å². The van der Waals surface area contributed by atoms with Crippen LogP contribution in [0.1, 0.15) is 33.8 Å². The number of hydrogen-bond donors (Lipinski definition) is 3. The molecule has 2 rings (SSSR count). The molecule has 0 spiro atoms. The minimum Gasteiger partial charge on any atom is -0.477 e. The van der Waals surface area contributed by atoms with Crippen LogP contribution >= 0.6 is 0 Å². The third kappa shape index (κ3) is 2.97. The highest BCUT2D eigenvalue weighted by molar-refractivity contribution is 6.03. The molecule has 1 unspecified atom stereocenters. The molecule has 3 N–H and O–H groups in total. The van der Waals surface area contributed by atoms with Gasteiger partial charge in [-0.3, -0.25) is 19.7 Å². The third-order valence-electron chi connectivity index (χ3n) is 2.75. The van der Waals surface area contributed by atoms with Gasteiger partial charge < -0.3 is 10.4 Å². The Morgan fingerprint density at radius 1 is 1.30 bits per heavy atom. The summed E-state index contributed by atoms with van der Waals surface area (Å²) in [7, 11) is 0. The summed E-state index contributed by atoms with van der Waals surface area (Å²) in [5.41, 5.74) is -0.365. The second-order valence-corrected chi connectivity index (χ2v) is 4.19. The number of hydrogen-bond acceptors (Lipinski definition) is 5. The molecule has 1 saturated heterocycles. The second-order valence-electron chi connectivity index (χ2n) is 4.19. The van der Waals surface area contributed by atoms with E-state index in [2.05, 4.69) is 15.6 Å². The Labute approximate surface area is 113 Å². The van der Waals surface area contributed by atoms with Gasteiger partial charge in [0.15, 0.2) is 0 Å². The molecule has 0 bridgehead atoms. The number of aromatic nitrogens is 1. The maximum absolute atomic E-state index is 11.9. The highest BCUT2D eigenvalue weighted by Crippen LogP contribution is 2.06. The maximum atomic E-state index is 11.9. The van der Waals surface area contributed by atoms with E-state index in [4.69, 9.17) is 5.11 Å². The van der Waals surface area contributed by atoms with Crippen molar-refractivity contribution in [1.82, 2.24) is 15.6 Å². The van der Waals surface area contributed by atoms with Crippen LogP contribution in [-0.2, 0) is 9.59 Å². The lowest BCUT2D eigenvalue weighted by Crippen LogP contribution is -2.52. The average Bonchev–Trinajstić information content (AvgIpc) is 2.42. The van der Waals surface area contributed by atoms with E-state index in [1.54, 1.807) is 0 Å². The van der Waals surface area contributed by atoms with Gasteiger partial charge in [0.05, 0.1) is 0 Å². The Balaban J connectivity index is 2.08. The van der Waals surface area contributed by atoms with Gasteiger partial charge in [-0.05, 0) is 18.6 Å². The lowest BCUT2D eigenvalue weighted by atomic mass is 10.1. The number of rotatable bonds is 3. The number of nitrogens with zero attached hydrogens (tertiary/aromatic N) is 1. The van der Waals surface area contributed by atoms with E-state index < -0.39 is 23.8 Å². The molecule has 8 heteroatoms. The molecule has 0 aromatic carbocycles. The maximum Gasteiger partial charge on any atom is 0.354 e. The van der Waals surface area contributed by atoms with Gasteiger partial charge in [0, 0.05) is 6.42 Å². The molecule has 0 aliphatic carbocycles. The quantitative estimate of drug-likeness (QED) is 0.628. The van der Waals surface area contributed by atoms with E-state index in [1.165, 1.54) is 18.2 Å². The number of piperidine rings is 1. The molecule has 8 nitrogen and oxygen atoms in total. The molecule has 20 heavy (non-hydrogen) atoms. The lowest BCUT2D eigenvalue weighted by molar-refractivity contribution is -0.134. The standard InChI is InChI=1S/C12H11N3O5/c16-9-5-4-7(11(18)15-9)14-10(17)6-2-1-3-8(13-6)12(19)20/h1-3,7H,4-5H2,(H,14,17)(H,19,20)(H,15,16,18). The summed E-state index contributed by atoms with van der Waals surface area (Å²) in [4.78, 5) is 48.8. The molecular formula is C12H11N3O5. The molecule has 0 saturated carbocycles.